The van der Waals surface area contributed by atoms with E-state index in [0.717, 1.165) is 11.1 Å². The van der Waals surface area contributed by atoms with Crippen molar-refractivity contribution >= 4 is 44.7 Å². The van der Waals surface area contributed by atoms with Crippen LogP contribution in [0.25, 0.3) is 0 Å². The molecule has 282 valence electrons. The molecule has 2 aliphatic heterocycles. The van der Waals surface area contributed by atoms with Gasteiger partial charge >= 0.3 is 21.2 Å². The van der Waals surface area contributed by atoms with E-state index < -0.39 is 73.1 Å². The van der Waals surface area contributed by atoms with Gasteiger partial charge in [0, 0.05) is 4.75 Å². The quantitative estimate of drug-likeness (QED) is 0.0524. The largest absolute Gasteiger partial charge is 0.451 e. The van der Waals surface area contributed by atoms with E-state index in [9.17, 15) is 23.5 Å². The van der Waals surface area contributed by atoms with Gasteiger partial charge in [0.05, 0.1) is 32.8 Å². The number of β-lactam (4-membered cyclic amide) rings is 1. The number of thioether (sulfide) groups is 1. The molecule has 2 fully saturated rings. The smallest absolute Gasteiger partial charge is 0.399 e. The van der Waals surface area contributed by atoms with Gasteiger partial charge in [-0.2, -0.15) is 0 Å². The van der Waals surface area contributed by atoms with Gasteiger partial charge in [0.2, 0.25) is 11.8 Å². The molecule has 2 heterocycles. The van der Waals surface area contributed by atoms with Crippen LogP contribution in [0, 0.1) is 0 Å². The van der Waals surface area contributed by atoms with Crippen LogP contribution in [0.3, 0.4) is 0 Å². The molecule has 0 aliphatic carbocycles. The lowest BCUT2D eigenvalue weighted by Crippen LogP contribution is -2.70. The van der Waals surface area contributed by atoms with Crippen LogP contribution in [-0.2, 0) is 66.5 Å². The molecule has 51 heavy (non-hydrogen) atoms. The summed E-state index contributed by atoms with van der Waals surface area (Å²) in [6, 6.07) is 16.4. The van der Waals surface area contributed by atoms with Crippen molar-refractivity contribution in [3.8, 4) is 0 Å². The SMILES string of the molecule is CCOOP(=O)(OOCC)C(CC(=O)NC1C(=O)N2C1SC(C)(C)C2C(=O)OC(c1ccccc1)c1ccccc1)P(=O)(OOCC)OOCC. The molecule has 0 aromatic heterocycles. The maximum Gasteiger partial charge on any atom is 0.399 e. The molecule has 2 amide bonds. The standard InChI is InChI=1S/C32H44N2O14P2S/c1-7-40-45-49(38,46-41-8-2)25(50(39,47-42-9-3)48-43-10-4)21-24(35)33-26-29(36)34-28(32(5,6)51-30(26)34)31(37)44-27(22-17-13-11-14-18-22)23-19-15-12-16-20-23/h11-20,25-28,30H,7-10,21H2,1-6H3,(H,33,35). The van der Waals surface area contributed by atoms with Crippen LogP contribution in [-0.4, -0.2) is 76.7 Å². The highest BCUT2D eigenvalue weighted by molar-refractivity contribution is 8.01. The second kappa shape index (κ2) is 18.4. The molecule has 2 aliphatic rings. The number of benzene rings is 2. The van der Waals surface area contributed by atoms with Gasteiger partial charge in [-0.05, 0) is 52.7 Å². The summed E-state index contributed by atoms with van der Waals surface area (Å²) in [5.74, 6) is -2.09. The summed E-state index contributed by atoms with van der Waals surface area (Å²) >= 11 is 1.30. The molecule has 2 saturated heterocycles. The molecular weight excluding hydrogens is 730 g/mol. The maximum absolute atomic E-state index is 14.0. The lowest BCUT2D eigenvalue weighted by atomic mass is 9.95. The Morgan fingerprint density at radius 2 is 1.22 bits per heavy atom. The fourth-order valence-electron chi connectivity index (χ4n) is 5.41. The minimum atomic E-state index is -4.84. The van der Waals surface area contributed by atoms with Crippen molar-refractivity contribution in [3.05, 3.63) is 71.8 Å². The molecule has 0 radical (unpaired) electrons. The number of hydrogen-bond acceptors (Lipinski definition) is 15. The first-order valence-electron chi connectivity index (χ1n) is 16.4. The number of carbonyl (C=O) groups excluding carboxylic acids is 3. The normalized spacial score (nSPS) is 20.0. The Hall–Kier alpha value is -2.66. The molecule has 1 N–H and O–H groups in total. The highest BCUT2D eigenvalue weighted by atomic mass is 32.2. The average molecular weight is 775 g/mol. The summed E-state index contributed by atoms with van der Waals surface area (Å²) in [6.45, 7) is 9.19. The highest BCUT2D eigenvalue weighted by Gasteiger charge is 2.65. The van der Waals surface area contributed by atoms with Gasteiger partial charge < -0.3 is 15.0 Å². The van der Waals surface area contributed by atoms with E-state index in [4.69, 9.17) is 43.0 Å². The number of ether oxygens (including phenoxy) is 1. The van der Waals surface area contributed by atoms with Crippen LogP contribution >= 0.6 is 27.0 Å². The van der Waals surface area contributed by atoms with E-state index in [2.05, 4.69) is 5.32 Å². The van der Waals surface area contributed by atoms with E-state index in [1.54, 1.807) is 0 Å². The van der Waals surface area contributed by atoms with Gasteiger partial charge in [0.1, 0.15) is 17.5 Å². The second-order valence-electron chi connectivity index (χ2n) is 11.6. The highest BCUT2D eigenvalue weighted by Crippen LogP contribution is 2.72. The van der Waals surface area contributed by atoms with Gasteiger partial charge in [-0.3, -0.25) is 18.7 Å². The van der Waals surface area contributed by atoms with Crippen molar-refractivity contribution in [1.82, 2.24) is 10.2 Å². The van der Waals surface area contributed by atoms with Gasteiger partial charge in [-0.15, -0.1) is 30.5 Å². The molecule has 0 saturated carbocycles. The lowest BCUT2D eigenvalue weighted by molar-refractivity contribution is -0.272. The zero-order valence-electron chi connectivity index (χ0n) is 29.2. The van der Waals surface area contributed by atoms with Crippen molar-refractivity contribution in [1.29, 1.82) is 0 Å². The van der Waals surface area contributed by atoms with Crippen LogP contribution in [0.4, 0.5) is 0 Å². The third-order valence-electron chi connectivity index (χ3n) is 7.62. The van der Waals surface area contributed by atoms with Crippen LogP contribution < -0.4 is 5.32 Å². The predicted octanol–water partition coefficient (Wildman–Crippen LogP) is 5.84. The van der Waals surface area contributed by atoms with Crippen molar-refractivity contribution in [2.75, 3.05) is 26.4 Å². The fourth-order valence-corrected chi connectivity index (χ4v) is 11.1. The third kappa shape index (κ3) is 9.67. The second-order valence-corrected chi connectivity index (χ2v) is 17.8. The molecule has 0 spiro atoms. The molecule has 3 atom stereocenters. The molecule has 4 rings (SSSR count). The predicted molar refractivity (Wildman–Crippen MR) is 183 cm³/mol. The monoisotopic (exact) mass is 774 g/mol. The molecule has 16 nitrogen and oxygen atoms in total. The van der Waals surface area contributed by atoms with E-state index in [1.165, 1.54) is 44.4 Å². The summed E-state index contributed by atoms with van der Waals surface area (Å²) < 4.78 is 53.3. The molecular formula is C32H44N2O14P2S. The number of nitrogens with one attached hydrogen (secondary N) is 1. The number of rotatable bonds is 21. The summed E-state index contributed by atoms with van der Waals surface area (Å²) in [5, 5.41) is -0.134. The first-order chi connectivity index (χ1) is 24.4. The fraction of sp³-hybridized carbons (Fsp3) is 0.531. The minimum absolute atomic E-state index is 0.122. The van der Waals surface area contributed by atoms with Crippen LogP contribution in [0.2, 0.25) is 0 Å². The van der Waals surface area contributed by atoms with E-state index in [-0.39, 0.29) is 26.4 Å². The number of esters is 1. The minimum Gasteiger partial charge on any atom is -0.451 e. The van der Waals surface area contributed by atoms with Crippen molar-refractivity contribution in [3.63, 3.8) is 0 Å². The number of nitrogens with zero attached hydrogens (tertiary/aromatic N) is 1. The van der Waals surface area contributed by atoms with Crippen LogP contribution in [0.1, 0.15) is 65.2 Å². The lowest BCUT2D eigenvalue weighted by Gasteiger charge is -2.44. The summed E-state index contributed by atoms with van der Waals surface area (Å²) in [6.07, 6.45) is -1.65. The topological polar surface area (TPSA) is 184 Å². The first kappa shape index (κ1) is 41.1. The Balaban J connectivity index is 1.55. The Kier molecular flexibility index (Phi) is 14.8. The van der Waals surface area contributed by atoms with Crippen LogP contribution in [0.5, 0.6) is 0 Å². The Morgan fingerprint density at radius 1 is 0.784 bits per heavy atom. The van der Waals surface area contributed by atoms with Crippen molar-refractivity contribution < 1.29 is 66.5 Å². The Morgan fingerprint density at radius 3 is 1.63 bits per heavy atom. The maximum atomic E-state index is 14.0. The zero-order valence-corrected chi connectivity index (χ0v) is 31.8. The molecule has 2 aromatic carbocycles. The summed E-state index contributed by atoms with van der Waals surface area (Å²) in [4.78, 5) is 62.0. The Labute approximate surface area is 300 Å². The van der Waals surface area contributed by atoms with Gasteiger partial charge in [-0.25, -0.2) is 24.3 Å². The molecule has 0 bridgehead atoms. The first-order valence-corrected chi connectivity index (χ1v) is 20.5. The van der Waals surface area contributed by atoms with E-state index in [0.29, 0.717) is 0 Å². The number of fused-ring (bicyclic) bond motifs is 1. The van der Waals surface area contributed by atoms with Crippen LogP contribution in [0.15, 0.2) is 60.7 Å². The summed E-state index contributed by atoms with van der Waals surface area (Å²) in [5.41, 5.74) is 1.51. The Bertz CT molecular complexity index is 1470. The summed E-state index contributed by atoms with van der Waals surface area (Å²) in [7, 11) is -9.68. The van der Waals surface area contributed by atoms with Crippen molar-refractivity contribution in [2.24, 2.45) is 0 Å². The van der Waals surface area contributed by atoms with E-state index >= 15 is 0 Å². The van der Waals surface area contributed by atoms with Gasteiger partial charge in [0.15, 0.2) is 11.5 Å². The zero-order chi connectivity index (χ0) is 37.2. The average Bonchev–Trinajstić information content (AvgIpc) is 3.39. The van der Waals surface area contributed by atoms with Gasteiger partial charge in [-0.1, -0.05) is 60.7 Å². The number of carbonyl (C=O) groups is 3. The third-order valence-corrected chi connectivity index (χ3v) is 14.0. The van der Waals surface area contributed by atoms with E-state index in [1.807, 2.05) is 74.5 Å². The molecule has 2 aromatic rings. The van der Waals surface area contributed by atoms with Gasteiger partial charge in [0.25, 0.3) is 0 Å². The molecule has 19 heteroatoms. The van der Waals surface area contributed by atoms with Crippen molar-refractivity contribution in [2.45, 2.75) is 81.7 Å². The number of hydrogen-bond donors (Lipinski definition) is 1. The number of amides is 2. The molecule has 3 unspecified atom stereocenters.